The Morgan fingerprint density at radius 3 is 2.38 bits per heavy atom. The van der Waals surface area contributed by atoms with Gasteiger partial charge in [0.05, 0.1) is 6.61 Å². The van der Waals surface area contributed by atoms with E-state index in [1.807, 2.05) is 35.2 Å². The molecule has 0 saturated carbocycles. The first-order valence-corrected chi connectivity index (χ1v) is 8.45. The fourth-order valence-corrected chi connectivity index (χ4v) is 3.06. The first kappa shape index (κ1) is 16.5. The highest BCUT2D eigenvalue weighted by Crippen LogP contribution is 2.22. The summed E-state index contributed by atoms with van der Waals surface area (Å²) in [5.41, 5.74) is 0.558. The number of para-hydroxylation sites is 1. The quantitative estimate of drug-likeness (QED) is 0.826. The van der Waals surface area contributed by atoms with Crippen molar-refractivity contribution in [2.24, 2.45) is 5.92 Å². The Labute approximate surface area is 142 Å². The highest BCUT2D eigenvalue weighted by Gasteiger charge is 2.23. The van der Waals surface area contributed by atoms with Crippen LogP contribution in [-0.2, 0) is 0 Å². The summed E-state index contributed by atoms with van der Waals surface area (Å²) in [5, 5.41) is 0. The van der Waals surface area contributed by atoms with Crippen molar-refractivity contribution in [3.63, 3.8) is 0 Å². The number of carbonyl (C=O) groups is 1. The van der Waals surface area contributed by atoms with E-state index in [9.17, 15) is 9.18 Å². The molecule has 3 rings (SSSR count). The van der Waals surface area contributed by atoms with E-state index in [0.29, 0.717) is 18.1 Å². The second-order valence-electron chi connectivity index (χ2n) is 6.19. The zero-order valence-corrected chi connectivity index (χ0v) is 13.7. The number of likely N-dealkylation sites (tertiary alicyclic amines) is 1. The van der Waals surface area contributed by atoms with Gasteiger partial charge in [-0.15, -0.1) is 0 Å². The molecule has 24 heavy (non-hydrogen) atoms. The molecule has 1 aliphatic rings. The van der Waals surface area contributed by atoms with E-state index in [1.54, 1.807) is 12.1 Å². The maximum atomic E-state index is 12.9. The van der Waals surface area contributed by atoms with Crippen LogP contribution in [0.15, 0.2) is 54.6 Å². The van der Waals surface area contributed by atoms with E-state index >= 15 is 0 Å². The molecule has 0 bridgehead atoms. The topological polar surface area (TPSA) is 29.5 Å². The van der Waals surface area contributed by atoms with Crippen molar-refractivity contribution < 1.29 is 13.9 Å². The van der Waals surface area contributed by atoms with Crippen molar-refractivity contribution in [3.05, 3.63) is 66.0 Å². The summed E-state index contributed by atoms with van der Waals surface area (Å²) < 4.78 is 18.7. The lowest BCUT2D eigenvalue weighted by Gasteiger charge is -2.32. The van der Waals surface area contributed by atoms with E-state index in [-0.39, 0.29) is 11.7 Å². The summed E-state index contributed by atoms with van der Waals surface area (Å²) in [5.74, 6) is 1.17. The van der Waals surface area contributed by atoms with Gasteiger partial charge >= 0.3 is 0 Å². The van der Waals surface area contributed by atoms with Crippen molar-refractivity contribution in [1.29, 1.82) is 0 Å². The Balaban J connectivity index is 1.42. The molecule has 0 spiro atoms. The lowest BCUT2D eigenvalue weighted by Crippen LogP contribution is -2.38. The van der Waals surface area contributed by atoms with Crippen LogP contribution in [0.5, 0.6) is 5.75 Å². The lowest BCUT2D eigenvalue weighted by atomic mass is 9.93. The molecule has 1 heterocycles. The molecule has 2 aromatic carbocycles. The zero-order valence-electron chi connectivity index (χ0n) is 13.7. The number of nitrogens with zero attached hydrogens (tertiary/aromatic N) is 1. The van der Waals surface area contributed by atoms with Gasteiger partial charge in [-0.2, -0.15) is 0 Å². The van der Waals surface area contributed by atoms with Crippen LogP contribution in [0.4, 0.5) is 4.39 Å². The molecule has 4 heteroatoms. The van der Waals surface area contributed by atoms with Crippen LogP contribution in [0.3, 0.4) is 0 Å². The lowest BCUT2D eigenvalue weighted by molar-refractivity contribution is 0.0680. The van der Waals surface area contributed by atoms with Gasteiger partial charge < -0.3 is 9.64 Å². The summed E-state index contributed by atoms with van der Waals surface area (Å²) in [4.78, 5) is 14.3. The van der Waals surface area contributed by atoms with Crippen LogP contribution in [0.25, 0.3) is 0 Å². The normalized spacial score (nSPS) is 15.3. The number of piperidine rings is 1. The summed E-state index contributed by atoms with van der Waals surface area (Å²) in [6.07, 6.45) is 2.99. The molecular weight excluding hydrogens is 305 g/mol. The van der Waals surface area contributed by atoms with Gasteiger partial charge in [0, 0.05) is 18.7 Å². The van der Waals surface area contributed by atoms with Crippen molar-refractivity contribution in [2.45, 2.75) is 19.3 Å². The molecule has 0 aliphatic carbocycles. The number of rotatable bonds is 5. The van der Waals surface area contributed by atoms with Crippen molar-refractivity contribution in [1.82, 2.24) is 4.90 Å². The van der Waals surface area contributed by atoms with Gasteiger partial charge in [-0.3, -0.25) is 4.79 Å². The van der Waals surface area contributed by atoms with Gasteiger partial charge in [0.2, 0.25) is 0 Å². The minimum atomic E-state index is -0.316. The number of hydrogen-bond acceptors (Lipinski definition) is 2. The maximum absolute atomic E-state index is 12.9. The highest BCUT2D eigenvalue weighted by atomic mass is 19.1. The van der Waals surface area contributed by atoms with Crippen LogP contribution in [-0.4, -0.2) is 30.5 Å². The molecule has 1 fully saturated rings. The van der Waals surface area contributed by atoms with Crippen LogP contribution < -0.4 is 4.74 Å². The number of carbonyl (C=O) groups excluding carboxylic acids is 1. The third-order valence-electron chi connectivity index (χ3n) is 4.53. The molecule has 1 saturated heterocycles. The van der Waals surface area contributed by atoms with Gasteiger partial charge in [-0.25, -0.2) is 4.39 Å². The van der Waals surface area contributed by atoms with Gasteiger partial charge in [-0.05, 0) is 61.6 Å². The van der Waals surface area contributed by atoms with Gasteiger partial charge in [0.15, 0.2) is 0 Å². The Kier molecular flexibility index (Phi) is 5.47. The molecule has 0 unspecified atom stereocenters. The third kappa shape index (κ3) is 4.34. The molecule has 2 aromatic rings. The van der Waals surface area contributed by atoms with Crippen LogP contribution in [0.2, 0.25) is 0 Å². The maximum Gasteiger partial charge on any atom is 0.253 e. The van der Waals surface area contributed by atoms with E-state index in [0.717, 1.165) is 38.1 Å². The monoisotopic (exact) mass is 327 g/mol. The second-order valence-corrected chi connectivity index (χ2v) is 6.19. The van der Waals surface area contributed by atoms with Gasteiger partial charge in [0.25, 0.3) is 5.91 Å². The smallest absolute Gasteiger partial charge is 0.253 e. The first-order valence-electron chi connectivity index (χ1n) is 8.45. The number of halogens is 1. The summed E-state index contributed by atoms with van der Waals surface area (Å²) in [6, 6.07) is 15.6. The fourth-order valence-electron chi connectivity index (χ4n) is 3.06. The Morgan fingerprint density at radius 1 is 1.04 bits per heavy atom. The Morgan fingerprint density at radius 2 is 1.71 bits per heavy atom. The molecule has 0 atom stereocenters. The molecule has 0 radical (unpaired) electrons. The average molecular weight is 327 g/mol. The minimum Gasteiger partial charge on any atom is -0.494 e. The van der Waals surface area contributed by atoms with Crippen LogP contribution in [0.1, 0.15) is 29.6 Å². The second kappa shape index (κ2) is 7.95. The zero-order chi connectivity index (χ0) is 16.8. The Hall–Kier alpha value is -2.36. The third-order valence-corrected chi connectivity index (χ3v) is 4.53. The molecule has 126 valence electrons. The predicted molar refractivity (Wildman–Crippen MR) is 91.6 cm³/mol. The van der Waals surface area contributed by atoms with Crippen molar-refractivity contribution >= 4 is 5.91 Å². The molecule has 1 amide bonds. The minimum absolute atomic E-state index is 0.00557. The average Bonchev–Trinajstić information content (AvgIpc) is 2.63. The van der Waals surface area contributed by atoms with Crippen molar-refractivity contribution in [3.8, 4) is 5.75 Å². The number of amides is 1. The Bertz CT molecular complexity index is 649. The van der Waals surface area contributed by atoms with E-state index in [4.69, 9.17) is 4.74 Å². The van der Waals surface area contributed by atoms with Gasteiger partial charge in [-0.1, -0.05) is 18.2 Å². The largest absolute Gasteiger partial charge is 0.494 e. The summed E-state index contributed by atoms with van der Waals surface area (Å²) in [6.45, 7) is 2.22. The van der Waals surface area contributed by atoms with Crippen molar-refractivity contribution in [2.75, 3.05) is 19.7 Å². The number of benzene rings is 2. The summed E-state index contributed by atoms with van der Waals surface area (Å²) in [7, 11) is 0. The van der Waals surface area contributed by atoms with Crippen LogP contribution >= 0.6 is 0 Å². The number of ether oxygens (including phenoxy) is 1. The van der Waals surface area contributed by atoms with E-state index in [1.165, 1.54) is 12.1 Å². The molecular formula is C20H22FNO2. The molecule has 0 N–H and O–H groups in total. The van der Waals surface area contributed by atoms with E-state index < -0.39 is 0 Å². The first-order chi connectivity index (χ1) is 11.7. The molecule has 0 aromatic heterocycles. The standard InChI is InChI=1S/C20H22FNO2/c21-18-8-6-17(7-9-18)20(23)22-13-10-16(11-14-22)12-15-24-19-4-2-1-3-5-19/h1-9,16H,10-15H2. The molecule has 1 aliphatic heterocycles. The van der Waals surface area contributed by atoms with Crippen LogP contribution in [0, 0.1) is 11.7 Å². The van der Waals surface area contributed by atoms with E-state index in [2.05, 4.69) is 0 Å². The fraction of sp³-hybridized carbons (Fsp3) is 0.350. The summed E-state index contributed by atoms with van der Waals surface area (Å²) >= 11 is 0. The van der Waals surface area contributed by atoms with Gasteiger partial charge in [0.1, 0.15) is 11.6 Å². The predicted octanol–water partition coefficient (Wildman–Crippen LogP) is 4.15. The SMILES string of the molecule is O=C(c1ccc(F)cc1)N1CCC(CCOc2ccccc2)CC1. The highest BCUT2D eigenvalue weighted by molar-refractivity contribution is 5.94. The number of hydrogen-bond donors (Lipinski definition) is 0. The molecule has 3 nitrogen and oxygen atoms in total.